The van der Waals surface area contributed by atoms with Crippen molar-refractivity contribution in [1.82, 2.24) is 0 Å². The zero-order chi connectivity index (χ0) is 31.3. The Morgan fingerprint density at radius 3 is 2.40 bits per heavy atom. The lowest BCUT2D eigenvalue weighted by molar-refractivity contribution is -0.174. The van der Waals surface area contributed by atoms with E-state index in [9.17, 15) is 9.90 Å². The number of carbonyl (C=O) groups excluding carboxylic acids is 1. The predicted octanol–water partition coefficient (Wildman–Crippen LogP) is 9.44. The summed E-state index contributed by atoms with van der Waals surface area (Å²) < 4.78 is 11.9. The van der Waals surface area contributed by atoms with Crippen LogP contribution in [0, 0.1) is 39.4 Å². The number of rotatable bonds is 10. The fourth-order valence-electron chi connectivity index (χ4n) is 10.9. The van der Waals surface area contributed by atoms with E-state index in [0.29, 0.717) is 23.9 Å². The van der Waals surface area contributed by atoms with E-state index in [1.807, 2.05) is 49.8 Å². The van der Waals surface area contributed by atoms with Gasteiger partial charge in [0.1, 0.15) is 12.7 Å². The first-order chi connectivity index (χ1) is 20.1. The van der Waals surface area contributed by atoms with Gasteiger partial charge in [0.15, 0.2) is 0 Å². The van der Waals surface area contributed by atoms with Gasteiger partial charge in [0.25, 0.3) is 0 Å². The molecular formula is C39H60O4. The van der Waals surface area contributed by atoms with Crippen LogP contribution in [0.4, 0.5) is 0 Å². The molecular weight excluding hydrogens is 532 g/mol. The Bertz CT molecular complexity index is 1180. The largest absolute Gasteiger partial charge is 0.460 e. The quantitative estimate of drug-likeness (QED) is 0.217. The first-order valence-corrected chi connectivity index (χ1v) is 17.4. The van der Waals surface area contributed by atoms with E-state index < -0.39 is 5.60 Å². The SMILES string of the molecule is C[C@H](CCCC(C)(C)O)[C@H]1CC[C@@]2(C)C3=C(CC[C@]12C)[C@@]1(C)CC[C@H](OC(=O)COCc2ccccc2)C(C)(C)[C@@H]1CC3. The van der Waals surface area contributed by atoms with Crippen LogP contribution in [0.15, 0.2) is 41.5 Å². The summed E-state index contributed by atoms with van der Waals surface area (Å²) in [4.78, 5) is 12.9. The molecule has 2 fully saturated rings. The maximum absolute atomic E-state index is 12.9. The normalized spacial score (nSPS) is 36.0. The highest BCUT2D eigenvalue weighted by molar-refractivity contribution is 5.71. The molecule has 43 heavy (non-hydrogen) atoms. The van der Waals surface area contributed by atoms with Crippen LogP contribution in [0.1, 0.15) is 132 Å². The Labute approximate surface area is 262 Å². The summed E-state index contributed by atoms with van der Waals surface area (Å²) in [5, 5.41) is 10.3. The summed E-state index contributed by atoms with van der Waals surface area (Å²) in [6, 6.07) is 10.0. The standard InChI is InChI=1S/C39H60O4/c1-27(13-12-21-35(2,3)41)29-18-23-39(8)31-16-17-32-36(4,5)33(20-22-37(32,6)30(31)19-24-38(29,39)7)43-34(40)26-42-25-28-14-10-9-11-15-28/h9-11,14-15,27,29,32-33,41H,12-13,16-26H2,1-8H3/t27-,29-,32+,33+,37-,38-,39+/m1/s1. The maximum atomic E-state index is 12.9. The summed E-state index contributed by atoms with van der Waals surface area (Å²) in [6.45, 7) is 19.4. The highest BCUT2D eigenvalue weighted by atomic mass is 16.6. The molecule has 1 aromatic carbocycles. The van der Waals surface area contributed by atoms with Crippen molar-refractivity contribution >= 4 is 5.97 Å². The average Bonchev–Trinajstić information content (AvgIpc) is 3.21. The molecule has 0 bridgehead atoms. The van der Waals surface area contributed by atoms with Crippen molar-refractivity contribution in [1.29, 1.82) is 0 Å². The second-order valence-corrected chi connectivity index (χ2v) is 16.9. The third kappa shape index (κ3) is 6.01. The maximum Gasteiger partial charge on any atom is 0.332 e. The Hall–Kier alpha value is -1.65. The molecule has 2 saturated carbocycles. The molecule has 0 aromatic heterocycles. The Balaban J connectivity index is 1.27. The van der Waals surface area contributed by atoms with E-state index in [1.54, 1.807) is 5.57 Å². The van der Waals surface area contributed by atoms with Crippen LogP contribution < -0.4 is 0 Å². The van der Waals surface area contributed by atoms with Crippen LogP contribution in [0.3, 0.4) is 0 Å². The van der Waals surface area contributed by atoms with Crippen LogP contribution in [-0.2, 0) is 20.9 Å². The average molecular weight is 593 g/mol. The van der Waals surface area contributed by atoms with Gasteiger partial charge in [-0.25, -0.2) is 4.79 Å². The number of carbonyl (C=O) groups is 1. The molecule has 0 amide bonds. The van der Waals surface area contributed by atoms with Crippen molar-refractivity contribution in [2.24, 2.45) is 39.4 Å². The van der Waals surface area contributed by atoms with Gasteiger partial charge in [-0.2, -0.15) is 0 Å². The molecule has 4 heteroatoms. The molecule has 1 aromatic rings. The molecule has 0 unspecified atom stereocenters. The first kappa shape index (κ1) is 32.7. The van der Waals surface area contributed by atoms with Crippen molar-refractivity contribution in [3.8, 4) is 0 Å². The van der Waals surface area contributed by atoms with Crippen LogP contribution in [0.5, 0.6) is 0 Å². The van der Waals surface area contributed by atoms with E-state index in [4.69, 9.17) is 9.47 Å². The van der Waals surface area contributed by atoms with Crippen molar-refractivity contribution in [3.63, 3.8) is 0 Å². The molecule has 0 aliphatic heterocycles. The molecule has 240 valence electrons. The molecule has 1 N–H and O–H groups in total. The van der Waals surface area contributed by atoms with Gasteiger partial charge in [-0.15, -0.1) is 0 Å². The van der Waals surface area contributed by atoms with Gasteiger partial charge in [0.05, 0.1) is 12.2 Å². The van der Waals surface area contributed by atoms with E-state index in [0.717, 1.165) is 37.2 Å². The lowest BCUT2D eigenvalue weighted by atomic mass is 9.43. The zero-order valence-electron chi connectivity index (χ0n) is 28.6. The predicted molar refractivity (Wildman–Crippen MR) is 174 cm³/mol. The Morgan fingerprint density at radius 1 is 0.977 bits per heavy atom. The number of esters is 1. The number of fused-ring (bicyclic) bond motifs is 4. The van der Waals surface area contributed by atoms with Crippen molar-refractivity contribution in [2.75, 3.05) is 6.61 Å². The zero-order valence-corrected chi connectivity index (χ0v) is 28.6. The molecule has 4 aliphatic rings. The molecule has 5 rings (SSSR count). The molecule has 4 aliphatic carbocycles. The molecule has 0 saturated heterocycles. The molecule has 0 heterocycles. The second kappa shape index (κ2) is 11.9. The van der Waals surface area contributed by atoms with E-state index in [2.05, 4.69) is 41.5 Å². The monoisotopic (exact) mass is 592 g/mol. The number of hydrogen-bond donors (Lipinski definition) is 1. The lowest BCUT2D eigenvalue weighted by Gasteiger charge is -2.62. The van der Waals surface area contributed by atoms with Crippen molar-refractivity contribution < 1.29 is 19.4 Å². The number of allylic oxidation sites excluding steroid dienone is 2. The second-order valence-electron chi connectivity index (χ2n) is 16.9. The smallest absolute Gasteiger partial charge is 0.332 e. The molecule has 7 atom stereocenters. The molecule has 4 nitrogen and oxygen atoms in total. The highest BCUT2D eigenvalue weighted by Gasteiger charge is 2.63. The third-order valence-corrected chi connectivity index (χ3v) is 13.5. The van der Waals surface area contributed by atoms with Crippen LogP contribution in [0.25, 0.3) is 0 Å². The fraction of sp³-hybridized carbons (Fsp3) is 0.769. The Morgan fingerprint density at radius 2 is 1.70 bits per heavy atom. The topological polar surface area (TPSA) is 55.8 Å². The van der Waals surface area contributed by atoms with Crippen LogP contribution in [-0.4, -0.2) is 29.4 Å². The van der Waals surface area contributed by atoms with Crippen LogP contribution >= 0.6 is 0 Å². The lowest BCUT2D eigenvalue weighted by Crippen LogP contribution is -2.56. The minimum atomic E-state index is -0.562. The minimum absolute atomic E-state index is 0.00694. The number of aliphatic hydroxyl groups is 1. The van der Waals surface area contributed by atoms with Crippen LogP contribution in [0.2, 0.25) is 0 Å². The molecule has 0 spiro atoms. The molecule has 0 radical (unpaired) electrons. The Kier molecular flexibility index (Phi) is 9.09. The minimum Gasteiger partial charge on any atom is -0.460 e. The summed E-state index contributed by atoms with van der Waals surface area (Å²) in [7, 11) is 0. The van der Waals surface area contributed by atoms with E-state index in [1.165, 1.54) is 44.9 Å². The fourth-order valence-corrected chi connectivity index (χ4v) is 10.9. The van der Waals surface area contributed by atoms with Gasteiger partial charge in [-0.1, -0.05) is 95.9 Å². The summed E-state index contributed by atoms with van der Waals surface area (Å²) >= 11 is 0. The van der Waals surface area contributed by atoms with E-state index in [-0.39, 0.29) is 34.9 Å². The first-order valence-electron chi connectivity index (χ1n) is 17.4. The van der Waals surface area contributed by atoms with Gasteiger partial charge < -0.3 is 14.6 Å². The number of benzene rings is 1. The van der Waals surface area contributed by atoms with Gasteiger partial charge in [0, 0.05) is 5.41 Å². The summed E-state index contributed by atoms with van der Waals surface area (Å²) in [5.74, 6) is 1.74. The summed E-state index contributed by atoms with van der Waals surface area (Å²) in [5.41, 5.74) is 4.85. The third-order valence-electron chi connectivity index (χ3n) is 13.5. The number of ether oxygens (including phenoxy) is 2. The summed E-state index contributed by atoms with van der Waals surface area (Å²) in [6.07, 6.45) is 12.8. The number of hydrogen-bond acceptors (Lipinski definition) is 4. The van der Waals surface area contributed by atoms with E-state index >= 15 is 0 Å². The van der Waals surface area contributed by atoms with Gasteiger partial charge in [-0.3, -0.25) is 0 Å². The van der Waals surface area contributed by atoms with Crippen molar-refractivity contribution in [2.45, 2.75) is 144 Å². The van der Waals surface area contributed by atoms with Gasteiger partial charge in [-0.05, 0) is 111 Å². The highest BCUT2D eigenvalue weighted by Crippen LogP contribution is 2.72. The van der Waals surface area contributed by atoms with Gasteiger partial charge in [0.2, 0.25) is 0 Å². The van der Waals surface area contributed by atoms with Crippen molar-refractivity contribution in [3.05, 3.63) is 47.0 Å². The van der Waals surface area contributed by atoms with Gasteiger partial charge >= 0.3 is 5.97 Å².